The van der Waals surface area contributed by atoms with Crippen LogP contribution in [0.1, 0.15) is 24.4 Å². The van der Waals surface area contributed by atoms with Crippen molar-refractivity contribution in [3.05, 3.63) is 17.7 Å². The molecule has 20 heteroatoms. The summed E-state index contributed by atoms with van der Waals surface area (Å²) < 4.78 is 97.6. The van der Waals surface area contributed by atoms with E-state index >= 15 is 0 Å². The molecule has 3 aliphatic rings. The highest BCUT2D eigenvalue weighted by atomic mass is 19.4. The van der Waals surface area contributed by atoms with Crippen LogP contribution < -0.4 is 0 Å². The number of carboxylic acid groups (broad SMARTS) is 3. The zero-order valence-corrected chi connectivity index (χ0v) is 22.1. The van der Waals surface area contributed by atoms with Crippen molar-refractivity contribution in [2.24, 2.45) is 5.92 Å². The fraction of sp³-hybridized carbons (Fsp3) is 0.727. The Kier molecular flexibility index (Phi) is 13.5. The minimum atomic E-state index is -5.08. The number of piperazine rings is 1. The number of aliphatic carboxylic acids is 3. The number of aromatic nitrogens is 2. The molecule has 0 atom stereocenters. The van der Waals surface area contributed by atoms with Crippen LogP contribution in [0.25, 0.3) is 0 Å². The van der Waals surface area contributed by atoms with Crippen LogP contribution in [-0.2, 0) is 34.0 Å². The third-order valence-corrected chi connectivity index (χ3v) is 5.85. The van der Waals surface area contributed by atoms with Crippen LogP contribution in [0, 0.1) is 5.92 Å². The van der Waals surface area contributed by atoms with Crippen molar-refractivity contribution in [3.8, 4) is 0 Å². The molecule has 0 aromatic carbocycles. The molecule has 242 valence electrons. The Hall–Kier alpha value is -3.13. The number of imidazole rings is 1. The van der Waals surface area contributed by atoms with E-state index in [4.69, 9.17) is 34.7 Å². The summed E-state index contributed by atoms with van der Waals surface area (Å²) in [5.41, 5.74) is 1.27. The topological polar surface area (TPSA) is 139 Å². The highest BCUT2D eigenvalue weighted by Crippen LogP contribution is 2.30. The highest BCUT2D eigenvalue weighted by Gasteiger charge is 2.39. The summed E-state index contributed by atoms with van der Waals surface area (Å²) in [5.74, 6) is -6.00. The molecule has 0 amide bonds. The van der Waals surface area contributed by atoms with E-state index < -0.39 is 36.4 Å². The quantitative estimate of drug-likeness (QED) is 0.426. The Morgan fingerprint density at radius 2 is 1.17 bits per heavy atom. The number of nitrogens with zero attached hydrogens (tertiary/aromatic N) is 5. The Bertz CT molecular complexity index is 976. The molecule has 1 aliphatic carbocycles. The van der Waals surface area contributed by atoms with Crippen LogP contribution in [0.4, 0.5) is 39.5 Å². The number of carbonyl (C=O) groups is 3. The van der Waals surface area contributed by atoms with Gasteiger partial charge in [-0.1, -0.05) is 0 Å². The summed E-state index contributed by atoms with van der Waals surface area (Å²) >= 11 is 0. The number of halogens is 9. The van der Waals surface area contributed by atoms with Gasteiger partial charge in [-0.25, -0.2) is 19.4 Å². The molecule has 2 fully saturated rings. The molecular formula is C22H30F9N5O6. The lowest BCUT2D eigenvalue weighted by molar-refractivity contribution is -0.193. The fourth-order valence-electron chi connectivity index (χ4n) is 3.49. The third kappa shape index (κ3) is 14.7. The second-order valence-electron chi connectivity index (χ2n) is 9.51. The average molecular weight is 631 g/mol. The van der Waals surface area contributed by atoms with E-state index in [1.54, 1.807) is 0 Å². The number of likely N-dealkylation sites (N-methyl/N-ethyl adjacent to an activating group) is 1. The monoisotopic (exact) mass is 631 g/mol. The first-order chi connectivity index (χ1) is 19.1. The number of hydrogen-bond donors (Lipinski definition) is 3. The Balaban J connectivity index is 0.000000348. The van der Waals surface area contributed by atoms with Gasteiger partial charge in [0.2, 0.25) is 0 Å². The van der Waals surface area contributed by atoms with Crippen molar-refractivity contribution in [2.45, 2.75) is 51.0 Å². The lowest BCUT2D eigenvalue weighted by Gasteiger charge is -2.31. The van der Waals surface area contributed by atoms with Gasteiger partial charge in [0.05, 0.1) is 12.2 Å². The van der Waals surface area contributed by atoms with Crippen molar-refractivity contribution >= 4 is 17.9 Å². The van der Waals surface area contributed by atoms with Gasteiger partial charge in [-0.15, -0.1) is 0 Å². The summed E-state index contributed by atoms with van der Waals surface area (Å²) in [6.07, 6.45) is -10.1. The lowest BCUT2D eigenvalue weighted by atomic mass is 10.3. The largest absolute Gasteiger partial charge is 0.490 e. The van der Waals surface area contributed by atoms with Gasteiger partial charge in [0, 0.05) is 58.6 Å². The normalized spacial score (nSPS) is 18.2. The third-order valence-electron chi connectivity index (χ3n) is 5.85. The van der Waals surface area contributed by atoms with Crippen molar-refractivity contribution in [1.29, 1.82) is 0 Å². The Morgan fingerprint density at radius 1 is 0.762 bits per heavy atom. The van der Waals surface area contributed by atoms with E-state index in [0.29, 0.717) is 0 Å². The molecule has 3 heterocycles. The smallest absolute Gasteiger partial charge is 0.475 e. The summed E-state index contributed by atoms with van der Waals surface area (Å²) in [6.45, 7) is 10.4. The zero-order valence-electron chi connectivity index (χ0n) is 22.1. The van der Waals surface area contributed by atoms with Crippen LogP contribution in [0.15, 0.2) is 6.20 Å². The van der Waals surface area contributed by atoms with Crippen LogP contribution in [0.3, 0.4) is 0 Å². The van der Waals surface area contributed by atoms with E-state index in [1.165, 1.54) is 63.6 Å². The zero-order chi connectivity index (χ0) is 32.5. The summed E-state index contributed by atoms with van der Waals surface area (Å²) in [6, 6.07) is 0. The number of fused-ring (bicyclic) bond motifs is 1. The van der Waals surface area contributed by atoms with Crippen LogP contribution in [-0.4, -0.2) is 122 Å². The fourth-order valence-corrected chi connectivity index (χ4v) is 3.49. The predicted molar refractivity (Wildman–Crippen MR) is 124 cm³/mol. The molecule has 2 aliphatic heterocycles. The molecule has 0 unspecified atom stereocenters. The van der Waals surface area contributed by atoms with Gasteiger partial charge >= 0.3 is 36.4 Å². The molecule has 0 radical (unpaired) electrons. The molecular weight excluding hydrogens is 601 g/mol. The molecule has 1 saturated heterocycles. The standard InChI is InChI=1S/C16H27N5.3C2HF3O2/c1-18-4-6-19(7-5-18)11-15-12-21-9-8-20(10-14-2-3-14)13-16(21)17-15;3*3-2(4,5)1(6)7/h12,14H,2-11,13H2,1H3;3*(H,6,7). The van der Waals surface area contributed by atoms with E-state index in [9.17, 15) is 39.5 Å². The second kappa shape index (κ2) is 15.4. The molecule has 3 N–H and O–H groups in total. The minimum absolute atomic E-state index is 0.983. The molecule has 0 spiro atoms. The van der Waals surface area contributed by atoms with Gasteiger partial charge in [0.25, 0.3) is 0 Å². The molecule has 11 nitrogen and oxygen atoms in total. The van der Waals surface area contributed by atoms with Crippen LogP contribution in [0.5, 0.6) is 0 Å². The van der Waals surface area contributed by atoms with Crippen molar-refractivity contribution in [3.63, 3.8) is 0 Å². The van der Waals surface area contributed by atoms with Crippen LogP contribution in [0.2, 0.25) is 0 Å². The Morgan fingerprint density at radius 3 is 1.55 bits per heavy atom. The molecule has 1 saturated carbocycles. The number of alkyl halides is 9. The molecule has 1 aromatic rings. The van der Waals surface area contributed by atoms with Gasteiger partial charge in [-0.3, -0.25) is 9.80 Å². The molecule has 42 heavy (non-hydrogen) atoms. The Labute approximate surface area is 233 Å². The van der Waals surface area contributed by atoms with Crippen molar-refractivity contribution < 1.29 is 69.2 Å². The second-order valence-corrected chi connectivity index (χ2v) is 9.51. The van der Waals surface area contributed by atoms with E-state index in [1.807, 2.05) is 0 Å². The van der Waals surface area contributed by atoms with E-state index in [0.717, 1.165) is 25.6 Å². The van der Waals surface area contributed by atoms with Crippen LogP contribution >= 0.6 is 0 Å². The first kappa shape index (κ1) is 36.9. The van der Waals surface area contributed by atoms with Crippen molar-refractivity contribution in [1.82, 2.24) is 24.3 Å². The average Bonchev–Trinajstić information content (AvgIpc) is 3.56. The number of rotatable bonds is 4. The van der Waals surface area contributed by atoms with Gasteiger partial charge < -0.3 is 24.8 Å². The maximum absolute atomic E-state index is 10.6. The van der Waals surface area contributed by atoms with E-state index in [-0.39, 0.29) is 0 Å². The highest BCUT2D eigenvalue weighted by molar-refractivity contribution is 5.73. The molecule has 1 aromatic heterocycles. The minimum Gasteiger partial charge on any atom is -0.475 e. The van der Waals surface area contributed by atoms with Crippen molar-refractivity contribution in [2.75, 3.05) is 46.3 Å². The lowest BCUT2D eigenvalue weighted by Crippen LogP contribution is -2.43. The summed E-state index contributed by atoms with van der Waals surface area (Å²) in [4.78, 5) is 39.1. The van der Waals surface area contributed by atoms with Gasteiger partial charge in [0.15, 0.2) is 0 Å². The number of carboxylic acids is 3. The maximum atomic E-state index is 10.6. The predicted octanol–water partition coefficient (Wildman–Crippen LogP) is 2.76. The van der Waals surface area contributed by atoms with Gasteiger partial charge in [-0.05, 0) is 25.8 Å². The first-order valence-electron chi connectivity index (χ1n) is 12.2. The van der Waals surface area contributed by atoms with E-state index in [2.05, 4.69) is 32.5 Å². The SMILES string of the molecule is CN1CCN(Cc2cn3c(n2)CN(CC2CC2)CC3)CC1.O=C(O)C(F)(F)F.O=C(O)C(F)(F)F.O=C(O)C(F)(F)F. The molecule has 0 bridgehead atoms. The van der Waals surface area contributed by atoms with Gasteiger partial charge in [0.1, 0.15) is 5.82 Å². The summed E-state index contributed by atoms with van der Waals surface area (Å²) in [5, 5.41) is 21.4. The maximum Gasteiger partial charge on any atom is 0.490 e. The number of hydrogen-bond acceptors (Lipinski definition) is 7. The van der Waals surface area contributed by atoms with Gasteiger partial charge in [-0.2, -0.15) is 39.5 Å². The first-order valence-corrected chi connectivity index (χ1v) is 12.2. The molecule has 4 rings (SSSR count). The summed E-state index contributed by atoms with van der Waals surface area (Å²) in [7, 11) is 2.21.